The summed E-state index contributed by atoms with van der Waals surface area (Å²) in [6, 6.07) is 12.0. The first kappa shape index (κ1) is 17.6. The Bertz CT molecular complexity index is 913. The van der Waals surface area contributed by atoms with E-state index in [2.05, 4.69) is 10.3 Å². The van der Waals surface area contributed by atoms with Gasteiger partial charge in [-0.25, -0.2) is 4.79 Å². The number of halogens is 3. The van der Waals surface area contributed by atoms with E-state index in [0.29, 0.717) is 5.02 Å². The van der Waals surface area contributed by atoms with Gasteiger partial charge in [0.15, 0.2) is 6.61 Å². The van der Waals surface area contributed by atoms with Gasteiger partial charge in [-0.15, -0.1) is 0 Å². The summed E-state index contributed by atoms with van der Waals surface area (Å²) in [6.45, 7) is -0.483. The third-order valence-corrected chi connectivity index (χ3v) is 4.17. The Morgan fingerprint density at radius 1 is 1.04 bits per heavy atom. The molecule has 1 amide bonds. The predicted molar refractivity (Wildman–Crippen MR) is 98.7 cm³/mol. The fraction of sp³-hybridized carbons (Fsp3) is 0.0588. The number of ether oxygens (including phenoxy) is 1. The first-order valence-corrected chi connectivity index (χ1v) is 8.26. The van der Waals surface area contributed by atoms with Crippen molar-refractivity contribution in [1.29, 1.82) is 0 Å². The van der Waals surface area contributed by atoms with Gasteiger partial charge in [-0.2, -0.15) is 0 Å². The van der Waals surface area contributed by atoms with Crippen LogP contribution in [0.15, 0.2) is 42.5 Å². The van der Waals surface area contributed by atoms with Crippen molar-refractivity contribution in [3.05, 3.63) is 63.2 Å². The van der Waals surface area contributed by atoms with Crippen molar-refractivity contribution < 1.29 is 14.3 Å². The standard InChI is InChI=1S/C17H11Cl3N2O3/c18-10-6-11(19)16(12(20)7-10)22-15(23)8-25-17(24)14-5-9-3-1-2-4-13(9)21-14/h1-7,21H,8H2,(H,22,23). The minimum absolute atomic E-state index is 0.188. The van der Waals surface area contributed by atoms with Gasteiger partial charge >= 0.3 is 5.97 Å². The minimum Gasteiger partial charge on any atom is -0.451 e. The molecule has 0 saturated heterocycles. The smallest absolute Gasteiger partial charge is 0.355 e. The minimum atomic E-state index is -0.639. The van der Waals surface area contributed by atoms with Gasteiger partial charge in [0.25, 0.3) is 5.91 Å². The number of fused-ring (bicyclic) bond motifs is 1. The molecule has 8 heteroatoms. The molecule has 0 aliphatic carbocycles. The van der Waals surface area contributed by atoms with Crippen molar-refractivity contribution in [2.75, 3.05) is 11.9 Å². The van der Waals surface area contributed by atoms with Crippen LogP contribution >= 0.6 is 34.8 Å². The highest BCUT2D eigenvalue weighted by Crippen LogP contribution is 2.33. The fourth-order valence-electron chi connectivity index (χ4n) is 2.23. The van der Waals surface area contributed by atoms with Crippen LogP contribution in [0.5, 0.6) is 0 Å². The maximum atomic E-state index is 12.0. The van der Waals surface area contributed by atoms with Crippen LogP contribution in [0.1, 0.15) is 10.5 Å². The summed E-state index contributed by atoms with van der Waals surface area (Å²) in [7, 11) is 0. The number of anilines is 1. The number of hydrogen-bond acceptors (Lipinski definition) is 3. The molecule has 128 valence electrons. The largest absolute Gasteiger partial charge is 0.451 e. The van der Waals surface area contributed by atoms with Gasteiger partial charge in [-0.3, -0.25) is 4.79 Å². The molecule has 0 bridgehead atoms. The molecule has 0 unspecified atom stereocenters. The molecule has 0 saturated carbocycles. The Hall–Kier alpha value is -2.21. The molecule has 2 aromatic carbocycles. The molecule has 0 radical (unpaired) electrons. The molecular formula is C17H11Cl3N2O3. The zero-order valence-electron chi connectivity index (χ0n) is 12.6. The van der Waals surface area contributed by atoms with E-state index in [4.69, 9.17) is 39.5 Å². The van der Waals surface area contributed by atoms with Crippen molar-refractivity contribution in [2.45, 2.75) is 0 Å². The average molecular weight is 398 g/mol. The van der Waals surface area contributed by atoms with Crippen LogP contribution < -0.4 is 5.32 Å². The van der Waals surface area contributed by atoms with Crippen LogP contribution in [0.4, 0.5) is 5.69 Å². The summed E-state index contributed by atoms with van der Waals surface area (Å²) in [5, 5.41) is 4.09. The molecule has 0 fully saturated rings. The van der Waals surface area contributed by atoms with Crippen LogP contribution in [0.3, 0.4) is 0 Å². The second-order valence-corrected chi connectivity index (χ2v) is 6.39. The Balaban J connectivity index is 1.63. The molecule has 3 rings (SSSR count). The first-order chi connectivity index (χ1) is 11.9. The van der Waals surface area contributed by atoms with Crippen molar-refractivity contribution >= 4 is 63.3 Å². The van der Waals surface area contributed by atoms with Crippen molar-refractivity contribution in [2.24, 2.45) is 0 Å². The molecular weight excluding hydrogens is 387 g/mol. The number of aromatic amines is 1. The van der Waals surface area contributed by atoms with Crippen LogP contribution in [-0.2, 0) is 9.53 Å². The van der Waals surface area contributed by atoms with Gasteiger partial charge in [0.2, 0.25) is 0 Å². The number of carbonyl (C=O) groups excluding carboxylic acids is 2. The predicted octanol–water partition coefficient (Wildman–Crippen LogP) is 4.92. The number of amides is 1. The maximum Gasteiger partial charge on any atom is 0.355 e. The molecule has 5 nitrogen and oxygen atoms in total. The number of hydrogen-bond donors (Lipinski definition) is 2. The molecule has 0 aliphatic rings. The van der Waals surface area contributed by atoms with E-state index < -0.39 is 18.5 Å². The molecule has 25 heavy (non-hydrogen) atoms. The number of nitrogens with one attached hydrogen (secondary N) is 2. The first-order valence-electron chi connectivity index (χ1n) is 7.13. The van der Waals surface area contributed by atoms with E-state index in [1.165, 1.54) is 12.1 Å². The Labute approximate surface area is 157 Å². The second kappa shape index (κ2) is 7.35. The zero-order chi connectivity index (χ0) is 18.0. The third-order valence-electron chi connectivity index (χ3n) is 3.36. The number of carbonyl (C=O) groups is 2. The van der Waals surface area contributed by atoms with Gasteiger partial charge in [0.05, 0.1) is 15.7 Å². The van der Waals surface area contributed by atoms with Gasteiger partial charge in [-0.1, -0.05) is 53.0 Å². The Kier molecular flexibility index (Phi) is 5.18. The summed E-state index contributed by atoms with van der Waals surface area (Å²) >= 11 is 17.8. The normalized spacial score (nSPS) is 10.7. The summed E-state index contributed by atoms with van der Waals surface area (Å²) in [6.07, 6.45) is 0. The van der Waals surface area contributed by atoms with Crippen molar-refractivity contribution in [3.8, 4) is 0 Å². The lowest BCUT2D eigenvalue weighted by molar-refractivity contribution is -0.119. The van der Waals surface area contributed by atoms with Crippen LogP contribution in [0.2, 0.25) is 15.1 Å². The van der Waals surface area contributed by atoms with E-state index in [-0.39, 0.29) is 21.4 Å². The van der Waals surface area contributed by atoms with Crippen LogP contribution in [-0.4, -0.2) is 23.5 Å². The molecule has 2 N–H and O–H groups in total. The summed E-state index contributed by atoms with van der Waals surface area (Å²) in [5.41, 5.74) is 1.27. The molecule has 3 aromatic rings. The van der Waals surface area contributed by atoms with Gasteiger partial charge in [0.1, 0.15) is 5.69 Å². The Morgan fingerprint density at radius 2 is 1.72 bits per heavy atom. The molecule has 1 heterocycles. The summed E-state index contributed by atoms with van der Waals surface area (Å²) in [5.74, 6) is -1.21. The maximum absolute atomic E-state index is 12.0. The number of aromatic nitrogens is 1. The molecule has 0 aliphatic heterocycles. The number of benzene rings is 2. The Morgan fingerprint density at radius 3 is 2.40 bits per heavy atom. The van der Waals surface area contributed by atoms with E-state index in [0.717, 1.165) is 10.9 Å². The SMILES string of the molecule is O=C(COC(=O)c1cc2ccccc2[nH]1)Nc1c(Cl)cc(Cl)cc1Cl. The third kappa shape index (κ3) is 4.07. The summed E-state index contributed by atoms with van der Waals surface area (Å²) < 4.78 is 5.00. The van der Waals surface area contributed by atoms with E-state index in [1.54, 1.807) is 6.07 Å². The van der Waals surface area contributed by atoms with E-state index >= 15 is 0 Å². The lowest BCUT2D eigenvalue weighted by Gasteiger charge is -2.10. The monoisotopic (exact) mass is 396 g/mol. The van der Waals surface area contributed by atoms with Crippen LogP contribution in [0, 0.1) is 0 Å². The zero-order valence-corrected chi connectivity index (χ0v) is 14.9. The second-order valence-electron chi connectivity index (χ2n) is 5.14. The number of para-hydroxylation sites is 1. The average Bonchev–Trinajstić information content (AvgIpc) is 3.00. The lowest BCUT2D eigenvalue weighted by Crippen LogP contribution is -2.21. The molecule has 0 atom stereocenters. The van der Waals surface area contributed by atoms with E-state index in [9.17, 15) is 9.59 Å². The van der Waals surface area contributed by atoms with Crippen LogP contribution in [0.25, 0.3) is 10.9 Å². The topological polar surface area (TPSA) is 71.2 Å². The van der Waals surface area contributed by atoms with Gasteiger partial charge in [-0.05, 0) is 24.3 Å². The molecule has 1 aromatic heterocycles. The number of rotatable bonds is 4. The molecule has 0 spiro atoms. The van der Waals surface area contributed by atoms with E-state index in [1.807, 2.05) is 24.3 Å². The number of H-pyrrole nitrogens is 1. The highest BCUT2D eigenvalue weighted by atomic mass is 35.5. The number of esters is 1. The summed E-state index contributed by atoms with van der Waals surface area (Å²) in [4.78, 5) is 26.9. The van der Waals surface area contributed by atoms with Gasteiger partial charge in [0, 0.05) is 15.9 Å². The quantitative estimate of drug-likeness (QED) is 0.614. The highest BCUT2D eigenvalue weighted by molar-refractivity contribution is 6.42. The highest BCUT2D eigenvalue weighted by Gasteiger charge is 2.15. The van der Waals surface area contributed by atoms with Crippen molar-refractivity contribution in [1.82, 2.24) is 4.98 Å². The van der Waals surface area contributed by atoms with Crippen molar-refractivity contribution in [3.63, 3.8) is 0 Å². The lowest BCUT2D eigenvalue weighted by atomic mass is 10.2. The van der Waals surface area contributed by atoms with Gasteiger partial charge < -0.3 is 15.0 Å². The fourth-order valence-corrected chi connectivity index (χ4v) is 3.14.